The van der Waals surface area contributed by atoms with E-state index in [2.05, 4.69) is 63.3 Å². The van der Waals surface area contributed by atoms with Crippen molar-refractivity contribution < 1.29 is 28.6 Å². The third kappa shape index (κ3) is 52.3. The van der Waals surface area contributed by atoms with Gasteiger partial charge in [0.15, 0.2) is 6.10 Å². The number of unbranched alkanes of at least 4 members (excludes halogenated alkanes) is 33. The summed E-state index contributed by atoms with van der Waals surface area (Å²) in [7, 11) is 0. The Morgan fingerprint density at radius 3 is 0.894 bits per heavy atom. The molecule has 0 heterocycles. The topological polar surface area (TPSA) is 78.9 Å². The normalized spacial score (nSPS) is 12.3. The Morgan fingerprint density at radius 2 is 0.591 bits per heavy atom. The summed E-state index contributed by atoms with van der Waals surface area (Å²) in [6.45, 7) is 6.49. The van der Waals surface area contributed by atoms with E-state index in [1.54, 1.807) is 0 Å². The number of esters is 3. The molecule has 0 aliphatic rings. The second kappa shape index (κ2) is 55.0. The van der Waals surface area contributed by atoms with Gasteiger partial charge in [-0.15, -0.1) is 0 Å². The van der Waals surface area contributed by atoms with E-state index in [0.717, 1.165) is 64.2 Å². The first kappa shape index (κ1) is 63.4. The van der Waals surface area contributed by atoms with Crippen molar-refractivity contribution in [2.24, 2.45) is 0 Å². The Morgan fingerprint density at radius 1 is 0.318 bits per heavy atom. The highest BCUT2D eigenvalue weighted by molar-refractivity contribution is 5.71. The number of hydrogen-bond donors (Lipinski definition) is 0. The zero-order valence-electron chi connectivity index (χ0n) is 44.0. The van der Waals surface area contributed by atoms with Crippen molar-refractivity contribution >= 4 is 17.9 Å². The van der Waals surface area contributed by atoms with E-state index < -0.39 is 6.10 Å². The van der Waals surface area contributed by atoms with Crippen LogP contribution in [0.1, 0.15) is 297 Å². The van der Waals surface area contributed by atoms with E-state index >= 15 is 0 Å². The second-order valence-electron chi connectivity index (χ2n) is 19.2. The smallest absolute Gasteiger partial charge is 0.306 e. The highest BCUT2D eigenvalue weighted by Crippen LogP contribution is 2.17. The van der Waals surface area contributed by atoms with Crippen LogP contribution in [0.15, 0.2) is 48.6 Å². The molecule has 0 rings (SSSR count). The van der Waals surface area contributed by atoms with Crippen molar-refractivity contribution in [1.82, 2.24) is 0 Å². The number of allylic oxidation sites excluding steroid dienone is 8. The van der Waals surface area contributed by atoms with Crippen LogP contribution in [-0.4, -0.2) is 37.2 Å². The molecule has 0 aromatic rings. The number of rotatable bonds is 52. The van der Waals surface area contributed by atoms with Crippen LogP contribution in [-0.2, 0) is 28.6 Å². The largest absolute Gasteiger partial charge is 0.462 e. The molecule has 1 atom stereocenters. The lowest BCUT2D eigenvalue weighted by Crippen LogP contribution is -2.30. The molecule has 0 radical (unpaired) electrons. The van der Waals surface area contributed by atoms with Gasteiger partial charge < -0.3 is 14.2 Å². The number of hydrogen-bond acceptors (Lipinski definition) is 6. The van der Waals surface area contributed by atoms with Gasteiger partial charge in [-0.05, 0) is 44.9 Å². The summed E-state index contributed by atoms with van der Waals surface area (Å²) in [5.41, 5.74) is 0. The maximum atomic E-state index is 12.8. The van der Waals surface area contributed by atoms with Crippen molar-refractivity contribution in [3.63, 3.8) is 0 Å². The predicted molar refractivity (Wildman–Crippen MR) is 284 cm³/mol. The van der Waals surface area contributed by atoms with Crippen molar-refractivity contribution in [3.05, 3.63) is 48.6 Å². The minimum Gasteiger partial charge on any atom is -0.462 e. The van der Waals surface area contributed by atoms with Gasteiger partial charge in [0.2, 0.25) is 0 Å². The molecule has 384 valence electrons. The molecule has 6 nitrogen and oxygen atoms in total. The fraction of sp³-hybridized carbons (Fsp3) is 0.817. The van der Waals surface area contributed by atoms with Crippen LogP contribution in [0.3, 0.4) is 0 Å². The van der Waals surface area contributed by atoms with Crippen molar-refractivity contribution in [3.8, 4) is 0 Å². The third-order valence-electron chi connectivity index (χ3n) is 12.6. The highest BCUT2D eigenvalue weighted by atomic mass is 16.6. The van der Waals surface area contributed by atoms with Gasteiger partial charge in [-0.1, -0.05) is 281 Å². The molecule has 66 heavy (non-hydrogen) atoms. The quantitative estimate of drug-likeness (QED) is 0.0262. The molecule has 0 aliphatic carbocycles. The molecule has 0 N–H and O–H groups in total. The molecular weight excluding hydrogens is 817 g/mol. The van der Waals surface area contributed by atoms with E-state index in [4.69, 9.17) is 14.2 Å². The molecule has 0 bridgehead atoms. The maximum absolute atomic E-state index is 12.8. The first-order valence-electron chi connectivity index (χ1n) is 28.6. The van der Waals surface area contributed by atoms with E-state index in [0.29, 0.717) is 19.3 Å². The van der Waals surface area contributed by atoms with Gasteiger partial charge in [0.05, 0.1) is 0 Å². The second-order valence-corrected chi connectivity index (χ2v) is 19.2. The van der Waals surface area contributed by atoms with Crippen LogP contribution in [0.25, 0.3) is 0 Å². The lowest BCUT2D eigenvalue weighted by molar-refractivity contribution is -0.166. The molecule has 1 unspecified atom stereocenters. The monoisotopic (exact) mass is 925 g/mol. The van der Waals surface area contributed by atoms with Crippen molar-refractivity contribution in [1.29, 1.82) is 0 Å². The SMILES string of the molecule is CC/C=C\C/C=C\C/C=C\C/C=C\CCC(=O)OC(COC(=O)CCCCCCCCCCCCCC)COC(=O)CCCCCCCCCCCCCCCCCCCCCCCCC. The summed E-state index contributed by atoms with van der Waals surface area (Å²) in [4.78, 5) is 38.0. The molecule has 0 aliphatic heterocycles. The maximum Gasteiger partial charge on any atom is 0.306 e. The Labute approximate surface area is 409 Å². The van der Waals surface area contributed by atoms with Crippen LogP contribution in [0.4, 0.5) is 0 Å². The standard InChI is InChI=1S/C60H108O6/c1-4-7-10-13-16-19-22-25-26-27-28-29-30-31-32-33-34-36-38-41-44-47-50-53-59(62)65-56-57(55-64-58(61)52-49-46-43-40-37-24-21-18-15-12-9-6-3)66-60(63)54-51-48-45-42-39-35-23-20-17-14-11-8-5-2/h8,11,17,20,35,39,45,48,57H,4-7,9-10,12-16,18-19,21-34,36-38,40-44,46-47,49-56H2,1-3H3/b11-8-,20-17-,39-35-,48-45-. The fourth-order valence-electron chi connectivity index (χ4n) is 8.34. The van der Waals surface area contributed by atoms with Gasteiger partial charge in [-0.2, -0.15) is 0 Å². The van der Waals surface area contributed by atoms with Crippen molar-refractivity contribution in [2.75, 3.05) is 13.2 Å². The summed E-state index contributed by atoms with van der Waals surface area (Å²) in [5, 5.41) is 0. The van der Waals surface area contributed by atoms with Crippen LogP contribution in [0, 0.1) is 0 Å². The Bertz CT molecular complexity index is 1150. The van der Waals surface area contributed by atoms with E-state index in [1.807, 2.05) is 6.08 Å². The Kier molecular flexibility index (Phi) is 52.8. The van der Waals surface area contributed by atoms with Gasteiger partial charge in [0.25, 0.3) is 0 Å². The molecule has 6 heteroatoms. The summed E-state index contributed by atoms with van der Waals surface area (Å²) < 4.78 is 16.8. The average molecular weight is 926 g/mol. The number of carbonyl (C=O) groups is 3. The molecule has 0 amide bonds. The molecule has 0 aromatic heterocycles. The zero-order valence-corrected chi connectivity index (χ0v) is 44.0. The summed E-state index contributed by atoms with van der Waals surface area (Å²) in [5.74, 6) is -0.966. The van der Waals surface area contributed by atoms with Crippen molar-refractivity contribution in [2.45, 2.75) is 303 Å². The lowest BCUT2D eigenvalue weighted by atomic mass is 10.0. The minimum atomic E-state index is -0.806. The Hall–Kier alpha value is -2.63. The van der Waals surface area contributed by atoms with Gasteiger partial charge >= 0.3 is 17.9 Å². The van der Waals surface area contributed by atoms with Gasteiger partial charge in [0.1, 0.15) is 13.2 Å². The van der Waals surface area contributed by atoms with Gasteiger partial charge in [-0.3, -0.25) is 14.4 Å². The fourth-order valence-corrected chi connectivity index (χ4v) is 8.34. The first-order valence-corrected chi connectivity index (χ1v) is 28.6. The van der Waals surface area contributed by atoms with Gasteiger partial charge in [-0.25, -0.2) is 0 Å². The summed E-state index contributed by atoms with van der Waals surface area (Å²) >= 11 is 0. The summed E-state index contributed by atoms with van der Waals surface area (Å²) in [6, 6.07) is 0. The predicted octanol–water partition coefficient (Wildman–Crippen LogP) is 19.0. The highest BCUT2D eigenvalue weighted by Gasteiger charge is 2.19. The van der Waals surface area contributed by atoms with Crippen LogP contribution in [0.5, 0.6) is 0 Å². The number of ether oxygens (including phenoxy) is 3. The Balaban J connectivity index is 4.27. The van der Waals surface area contributed by atoms with Gasteiger partial charge in [0, 0.05) is 19.3 Å². The summed E-state index contributed by atoms with van der Waals surface area (Å²) in [6.07, 6.45) is 67.0. The molecule has 0 aromatic carbocycles. The molecule has 0 saturated heterocycles. The van der Waals surface area contributed by atoms with Crippen LogP contribution < -0.4 is 0 Å². The average Bonchev–Trinajstić information content (AvgIpc) is 3.31. The van der Waals surface area contributed by atoms with E-state index in [9.17, 15) is 14.4 Å². The number of carbonyl (C=O) groups excluding carboxylic acids is 3. The third-order valence-corrected chi connectivity index (χ3v) is 12.6. The zero-order chi connectivity index (χ0) is 47.9. The molecule has 0 fully saturated rings. The molecule has 0 spiro atoms. The first-order chi connectivity index (χ1) is 32.5. The van der Waals surface area contributed by atoms with E-state index in [1.165, 1.54) is 186 Å². The molecule has 0 saturated carbocycles. The minimum absolute atomic E-state index is 0.0974. The molecular formula is C60H108O6. The van der Waals surface area contributed by atoms with Crippen LogP contribution >= 0.6 is 0 Å². The van der Waals surface area contributed by atoms with Crippen LogP contribution in [0.2, 0.25) is 0 Å². The lowest BCUT2D eigenvalue weighted by Gasteiger charge is -2.18. The van der Waals surface area contributed by atoms with E-state index in [-0.39, 0.29) is 37.5 Å².